The Morgan fingerprint density at radius 1 is 1.09 bits per heavy atom. The van der Waals surface area contributed by atoms with Crippen LogP contribution in [0.1, 0.15) is 16.7 Å². The molecule has 2 aromatic rings. The van der Waals surface area contributed by atoms with Gasteiger partial charge in [-0.1, -0.05) is 35.3 Å². The second-order valence-corrected chi connectivity index (χ2v) is 6.35. The van der Waals surface area contributed by atoms with Gasteiger partial charge in [0.25, 0.3) is 5.91 Å². The molecule has 0 fully saturated rings. The van der Waals surface area contributed by atoms with Gasteiger partial charge >= 0.3 is 0 Å². The molecule has 0 heterocycles. The molecule has 0 unspecified atom stereocenters. The standard InChI is InChI=1S/C18H19Cl2NO2/c1-12-8-16(9-13(2)18(12)20)23-11-17(22)21(3)10-14-4-6-15(19)7-5-14/h4-9H,10-11H2,1-3H3. The third-order valence-electron chi connectivity index (χ3n) is 3.53. The minimum absolute atomic E-state index is 0.00932. The van der Waals surface area contributed by atoms with Crippen LogP contribution in [-0.2, 0) is 11.3 Å². The van der Waals surface area contributed by atoms with Crippen molar-refractivity contribution in [1.82, 2.24) is 4.90 Å². The molecule has 0 bridgehead atoms. The van der Waals surface area contributed by atoms with Gasteiger partial charge < -0.3 is 9.64 Å². The molecule has 0 atom stereocenters. The number of nitrogens with zero attached hydrogens (tertiary/aromatic N) is 1. The van der Waals surface area contributed by atoms with Gasteiger partial charge in [0.05, 0.1) is 0 Å². The van der Waals surface area contributed by atoms with Crippen molar-refractivity contribution in [3.8, 4) is 5.75 Å². The molecule has 0 aliphatic carbocycles. The molecular weight excluding hydrogens is 333 g/mol. The van der Waals surface area contributed by atoms with Crippen LogP contribution in [-0.4, -0.2) is 24.5 Å². The predicted molar refractivity (Wildman–Crippen MR) is 94.3 cm³/mol. The van der Waals surface area contributed by atoms with E-state index in [2.05, 4.69) is 0 Å². The van der Waals surface area contributed by atoms with Crippen molar-refractivity contribution in [2.45, 2.75) is 20.4 Å². The van der Waals surface area contributed by atoms with Gasteiger partial charge in [-0.2, -0.15) is 0 Å². The molecule has 0 radical (unpaired) electrons. The normalized spacial score (nSPS) is 10.5. The van der Waals surface area contributed by atoms with Crippen LogP contribution in [0.2, 0.25) is 10.0 Å². The van der Waals surface area contributed by atoms with Crippen LogP contribution in [0.15, 0.2) is 36.4 Å². The van der Waals surface area contributed by atoms with Crippen LogP contribution in [0, 0.1) is 13.8 Å². The topological polar surface area (TPSA) is 29.5 Å². The smallest absolute Gasteiger partial charge is 0.260 e. The summed E-state index contributed by atoms with van der Waals surface area (Å²) in [5, 5.41) is 1.41. The van der Waals surface area contributed by atoms with E-state index >= 15 is 0 Å². The number of rotatable bonds is 5. The maximum atomic E-state index is 12.2. The van der Waals surface area contributed by atoms with Crippen LogP contribution in [0.4, 0.5) is 0 Å². The number of carbonyl (C=O) groups is 1. The first-order chi connectivity index (χ1) is 10.9. The molecule has 5 heteroatoms. The van der Waals surface area contributed by atoms with Crippen molar-refractivity contribution >= 4 is 29.1 Å². The first-order valence-electron chi connectivity index (χ1n) is 7.25. The summed E-state index contributed by atoms with van der Waals surface area (Å²) in [6, 6.07) is 11.1. The summed E-state index contributed by atoms with van der Waals surface area (Å²) in [6.45, 7) is 4.33. The first-order valence-corrected chi connectivity index (χ1v) is 8.00. The Hall–Kier alpha value is -1.71. The Kier molecular flexibility index (Phi) is 5.91. The number of benzene rings is 2. The zero-order valence-electron chi connectivity index (χ0n) is 13.4. The van der Waals surface area contributed by atoms with Gasteiger partial charge in [-0.3, -0.25) is 4.79 Å². The first kappa shape index (κ1) is 17.6. The molecule has 0 N–H and O–H groups in total. The molecule has 1 amide bonds. The van der Waals surface area contributed by atoms with E-state index in [1.807, 2.05) is 50.2 Å². The van der Waals surface area contributed by atoms with Crippen molar-refractivity contribution in [2.24, 2.45) is 0 Å². The van der Waals surface area contributed by atoms with E-state index in [-0.39, 0.29) is 12.5 Å². The summed E-state index contributed by atoms with van der Waals surface area (Å²) in [4.78, 5) is 13.8. The Morgan fingerprint density at radius 2 is 1.65 bits per heavy atom. The molecule has 2 rings (SSSR count). The number of amides is 1. The van der Waals surface area contributed by atoms with Crippen molar-refractivity contribution in [3.05, 3.63) is 63.1 Å². The molecule has 0 spiro atoms. The Labute approximate surface area is 146 Å². The van der Waals surface area contributed by atoms with E-state index in [0.29, 0.717) is 17.3 Å². The third-order valence-corrected chi connectivity index (χ3v) is 4.38. The van der Waals surface area contributed by atoms with E-state index in [1.54, 1.807) is 11.9 Å². The highest BCUT2D eigenvalue weighted by Gasteiger charge is 2.11. The van der Waals surface area contributed by atoms with Crippen LogP contribution in [0.5, 0.6) is 5.75 Å². The van der Waals surface area contributed by atoms with Crippen LogP contribution >= 0.6 is 23.2 Å². The number of halogens is 2. The number of carbonyl (C=O) groups excluding carboxylic acids is 1. The van der Waals surface area contributed by atoms with Crippen molar-refractivity contribution in [2.75, 3.05) is 13.7 Å². The van der Waals surface area contributed by atoms with E-state index < -0.39 is 0 Å². The molecule has 2 aromatic carbocycles. The van der Waals surface area contributed by atoms with Gasteiger partial charge in [-0.25, -0.2) is 0 Å². The average molecular weight is 352 g/mol. The second-order valence-electron chi connectivity index (χ2n) is 5.54. The highest BCUT2D eigenvalue weighted by molar-refractivity contribution is 6.32. The van der Waals surface area contributed by atoms with Crippen molar-refractivity contribution < 1.29 is 9.53 Å². The van der Waals surface area contributed by atoms with Gasteiger partial charge in [0.1, 0.15) is 5.75 Å². The molecule has 0 saturated carbocycles. The highest BCUT2D eigenvalue weighted by atomic mass is 35.5. The number of likely N-dealkylation sites (N-methyl/N-ethyl adjacent to an activating group) is 1. The Bertz CT molecular complexity index is 676. The molecule has 23 heavy (non-hydrogen) atoms. The lowest BCUT2D eigenvalue weighted by molar-refractivity contribution is -0.132. The zero-order valence-corrected chi connectivity index (χ0v) is 14.9. The van der Waals surface area contributed by atoms with E-state index in [0.717, 1.165) is 21.7 Å². The summed E-state index contributed by atoms with van der Waals surface area (Å²) in [7, 11) is 1.75. The molecule has 0 aromatic heterocycles. The van der Waals surface area contributed by atoms with Gasteiger partial charge in [-0.05, 0) is 54.8 Å². The van der Waals surface area contributed by atoms with Crippen LogP contribution in [0.3, 0.4) is 0 Å². The van der Waals surface area contributed by atoms with Gasteiger partial charge in [-0.15, -0.1) is 0 Å². The minimum Gasteiger partial charge on any atom is -0.484 e. The Balaban J connectivity index is 1.92. The number of ether oxygens (including phenoxy) is 1. The quantitative estimate of drug-likeness (QED) is 0.784. The summed E-state index contributed by atoms with van der Waals surface area (Å²) >= 11 is 12.0. The number of aryl methyl sites for hydroxylation is 2. The minimum atomic E-state index is -0.0924. The molecule has 0 aliphatic rings. The summed E-state index contributed by atoms with van der Waals surface area (Å²) in [5.41, 5.74) is 2.88. The summed E-state index contributed by atoms with van der Waals surface area (Å²) < 4.78 is 5.59. The molecule has 122 valence electrons. The molecule has 0 saturated heterocycles. The van der Waals surface area contributed by atoms with Gasteiger partial charge in [0, 0.05) is 23.6 Å². The average Bonchev–Trinajstić information content (AvgIpc) is 2.52. The fraction of sp³-hybridized carbons (Fsp3) is 0.278. The zero-order chi connectivity index (χ0) is 17.0. The van der Waals surface area contributed by atoms with Crippen LogP contribution < -0.4 is 4.74 Å². The lowest BCUT2D eigenvalue weighted by Crippen LogP contribution is -2.30. The largest absolute Gasteiger partial charge is 0.484 e. The fourth-order valence-electron chi connectivity index (χ4n) is 2.20. The maximum Gasteiger partial charge on any atom is 0.260 e. The lowest BCUT2D eigenvalue weighted by Gasteiger charge is -2.18. The van der Waals surface area contributed by atoms with Crippen molar-refractivity contribution in [1.29, 1.82) is 0 Å². The third kappa shape index (κ3) is 4.88. The van der Waals surface area contributed by atoms with E-state index in [1.165, 1.54) is 0 Å². The monoisotopic (exact) mass is 351 g/mol. The highest BCUT2D eigenvalue weighted by Crippen LogP contribution is 2.25. The Morgan fingerprint density at radius 3 is 2.22 bits per heavy atom. The molecule has 0 aliphatic heterocycles. The van der Waals surface area contributed by atoms with E-state index in [9.17, 15) is 4.79 Å². The van der Waals surface area contributed by atoms with Crippen LogP contribution in [0.25, 0.3) is 0 Å². The summed E-state index contributed by atoms with van der Waals surface area (Å²) in [5.74, 6) is 0.558. The second kappa shape index (κ2) is 7.71. The van der Waals surface area contributed by atoms with Crippen molar-refractivity contribution in [3.63, 3.8) is 0 Å². The molecule has 3 nitrogen and oxygen atoms in total. The number of hydrogen-bond donors (Lipinski definition) is 0. The molecular formula is C18H19Cl2NO2. The maximum absolute atomic E-state index is 12.2. The lowest BCUT2D eigenvalue weighted by atomic mass is 10.1. The predicted octanol–water partition coefficient (Wildman–Crippen LogP) is 4.65. The van der Waals surface area contributed by atoms with Gasteiger partial charge in [0.2, 0.25) is 0 Å². The number of hydrogen-bond acceptors (Lipinski definition) is 2. The fourth-order valence-corrected chi connectivity index (χ4v) is 2.43. The SMILES string of the molecule is Cc1cc(OCC(=O)N(C)Cc2ccc(Cl)cc2)cc(C)c1Cl. The van der Waals surface area contributed by atoms with Gasteiger partial charge in [0.15, 0.2) is 6.61 Å². The summed E-state index contributed by atoms with van der Waals surface area (Å²) in [6.07, 6.45) is 0. The van der Waals surface area contributed by atoms with E-state index in [4.69, 9.17) is 27.9 Å².